The molecule has 0 fully saturated rings. The van der Waals surface area contributed by atoms with Crippen LogP contribution in [0.1, 0.15) is 0 Å². The Balaban J connectivity index is 1.69. The van der Waals surface area contributed by atoms with Gasteiger partial charge in [0, 0.05) is 48.7 Å². The monoisotopic (exact) mass is 331 g/mol. The van der Waals surface area contributed by atoms with E-state index in [1.807, 2.05) is 43.7 Å². The van der Waals surface area contributed by atoms with Crippen molar-refractivity contribution in [2.24, 2.45) is 7.05 Å². The number of nitrogens with zero attached hydrogens (tertiary/aromatic N) is 4. The van der Waals surface area contributed by atoms with Crippen molar-refractivity contribution in [3.8, 4) is 17.1 Å². The van der Waals surface area contributed by atoms with Crippen molar-refractivity contribution in [3.63, 3.8) is 0 Å². The highest BCUT2D eigenvalue weighted by molar-refractivity contribution is 5.88. The first-order valence-corrected chi connectivity index (χ1v) is 7.87. The standard InChI is InChI=1S/C19H17N5O/c1-24-16(13-4-3-7-20-10-13)8-14-11-21-18(9-17(14)24)23-15-5-6-19(25-2)22-12-15/h3-12H,1-2H3,(H,21,23). The van der Waals surface area contributed by atoms with Crippen LogP contribution in [0.15, 0.2) is 61.2 Å². The molecule has 0 aromatic carbocycles. The lowest BCUT2D eigenvalue weighted by molar-refractivity contribution is 0.398. The van der Waals surface area contributed by atoms with E-state index in [-0.39, 0.29) is 0 Å². The van der Waals surface area contributed by atoms with Crippen LogP contribution in [0, 0.1) is 0 Å². The number of rotatable bonds is 4. The first-order chi connectivity index (χ1) is 12.2. The summed E-state index contributed by atoms with van der Waals surface area (Å²) in [6, 6.07) is 11.9. The Morgan fingerprint density at radius 1 is 1.04 bits per heavy atom. The number of hydrogen-bond acceptors (Lipinski definition) is 5. The van der Waals surface area contributed by atoms with E-state index in [9.17, 15) is 0 Å². The molecule has 4 heterocycles. The summed E-state index contributed by atoms with van der Waals surface area (Å²) in [4.78, 5) is 12.9. The van der Waals surface area contributed by atoms with Gasteiger partial charge in [0.1, 0.15) is 5.82 Å². The van der Waals surface area contributed by atoms with Gasteiger partial charge in [-0.2, -0.15) is 0 Å². The van der Waals surface area contributed by atoms with Crippen molar-refractivity contribution in [2.75, 3.05) is 12.4 Å². The maximum absolute atomic E-state index is 5.07. The van der Waals surface area contributed by atoms with Gasteiger partial charge in [0.05, 0.1) is 30.2 Å². The number of anilines is 2. The van der Waals surface area contributed by atoms with Gasteiger partial charge in [0.25, 0.3) is 0 Å². The van der Waals surface area contributed by atoms with Crippen molar-refractivity contribution < 1.29 is 4.74 Å². The minimum atomic E-state index is 0.581. The molecule has 0 aliphatic rings. The fraction of sp³-hybridized carbons (Fsp3) is 0.105. The molecule has 0 atom stereocenters. The second-order valence-corrected chi connectivity index (χ2v) is 5.67. The van der Waals surface area contributed by atoms with Gasteiger partial charge in [0.2, 0.25) is 5.88 Å². The summed E-state index contributed by atoms with van der Waals surface area (Å²) in [5.41, 5.74) is 4.13. The Morgan fingerprint density at radius 3 is 2.68 bits per heavy atom. The second-order valence-electron chi connectivity index (χ2n) is 5.67. The molecule has 4 rings (SSSR count). The zero-order chi connectivity index (χ0) is 17.2. The number of nitrogens with one attached hydrogen (secondary N) is 1. The molecule has 0 aliphatic heterocycles. The molecular formula is C19H17N5O. The molecule has 0 saturated carbocycles. The second kappa shape index (κ2) is 6.24. The topological polar surface area (TPSA) is 64.9 Å². The summed E-state index contributed by atoms with van der Waals surface area (Å²) in [5.74, 6) is 1.34. The Kier molecular flexibility index (Phi) is 3.78. The van der Waals surface area contributed by atoms with E-state index in [0.29, 0.717) is 5.88 Å². The number of ether oxygens (including phenoxy) is 1. The zero-order valence-electron chi connectivity index (χ0n) is 14.0. The molecular weight excluding hydrogens is 314 g/mol. The van der Waals surface area contributed by atoms with E-state index in [4.69, 9.17) is 4.74 Å². The van der Waals surface area contributed by atoms with Gasteiger partial charge in [-0.1, -0.05) is 0 Å². The zero-order valence-corrected chi connectivity index (χ0v) is 14.0. The van der Waals surface area contributed by atoms with Crippen LogP contribution in [0.3, 0.4) is 0 Å². The maximum Gasteiger partial charge on any atom is 0.213 e. The summed E-state index contributed by atoms with van der Waals surface area (Å²) in [6.45, 7) is 0. The van der Waals surface area contributed by atoms with Gasteiger partial charge in [-0.25, -0.2) is 9.97 Å². The Labute approximate surface area is 145 Å². The largest absolute Gasteiger partial charge is 0.481 e. The molecule has 6 heteroatoms. The van der Waals surface area contributed by atoms with Gasteiger partial charge in [-0.15, -0.1) is 0 Å². The summed E-state index contributed by atoms with van der Waals surface area (Å²) in [7, 11) is 3.64. The molecule has 0 spiro atoms. The van der Waals surface area contributed by atoms with Crippen LogP contribution in [-0.2, 0) is 7.05 Å². The van der Waals surface area contributed by atoms with E-state index in [1.54, 1.807) is 19.5 Å². The van der Waals surface area contributed by atoms with E-state index in [0.717, 1.165) is 33.7 Å². The third kappa shape index (κ3) is 2.89. The lowest BCUT2D eigenvalue weighted by atomic mass is 10.2. The average molecular weight is 331 g/mol. The maximum atomic E-state index is 5.07. The predicted octanol–water partition coefficient (Wildman–Crippen LogP) is 3.78. The molecule has 25 heavy (non-hydrogen) atoms. The molecule has 0 radical (unpaired) electrons. The van der Waals surface area contributed by atoms with E-state index in [2.05, 4.69) is 37.0 Å². The highest BCUT2D eigenvalue weighted by Crippen LogP contribution is 2.28. The predicted molar refractivity (Wildman–Crippen MR) is 98.0 cm³/mol. The Bertz CT molecular complexity index is 1010. The van der Waals surface area contributed by atoms with Crippen LogP contribution in [0.5, 0.6) is 5.88 Å². The van der Waals surface area contributed by atoms with Crippen LogP contribution >= 0.6 is 0 Å². The van der Waals surface area contributed by atoms with Gasteiger partial charge >= 0.3 is 0 Å². The molecule has 1 N–H and O–H groups in total. The summed E-state index contributed by atoms with van der Waals surface area (Å²) in [6.07, 6.45) is 7.23. The minimum Gasteiger partial charge on any atom is -0.481 e. The summed E-state index contributed by atoms with van der Waals surface area (Å²) >= 11 is 0. The first-order valence-electron chi connectivity index (χ1n) is 7.87. The molecule has 0 amide bonds. The lowest BCUT2D eigenvalue weighted by Crippen LogP contribution is -1.96. The normalized spacial score (nSPS) is 10.8. The summed E-state index contributed by atoms with van der Waals surface area (Å²) in [5, 5.41) is 4.35. The van der Waals surface area contributed by atoms with E-state index in [1.165, 1.54) is 0 Å². The highest BCUT2D eigenvalue weighted by Gasteiger charge is 2.09. The number of aromatic nitrogens is 4. The smallest absolute Gasteiger partial charge is 0.213 e. The number of hydrogen-bond donors (Lipinski definition) is 1. The van der Waals surface area contributed by atoms with Crippen LogP contribution in [-0.4, -0.2) is 26.6 Å². The van der Waals surface area contributed by atoms with Gasteiger partial charge in [0.15, 0.2) is 0 Å². The molecule has 0 bridgehead atoms. The van der Waals surface area contributed by atoms with Crippen molar-refractivity contribution >= 4 is 22.4 Å². The van der Waals surface area contributed by atoms with E-state index < -0.39 is 0 Å². The lowest BCUT2D eigenvalue weighted by Gasteiger charge is -2.07. The number of methoxy groups -OCH3 is 1. The number of pyridine rings is 3. The van der Waals surface area contributed by atoms with Crippen LogP contribution in [0.2, 0.25) is 0 Å². The fourth-order valence-electron chi connectivity index (χ4n) is 2.81. The summed E-state index contributed by atoms with van der Waals surface area (Å²) < 4.78 is 7.22. The molecule has 6 nitrogen and oxygen atoms in total. The fourth-order valence-corrected chi connectivity index (χ4v) is 2.81. The number of aryl methyl sites for hydroxylation is 1. The quantitative estimate of drug-likeness (QED) is 0.616. The van der Waals surface area contributed by atoms with Crippen LogP contribution < -0.4 is 10.1 Å². The molecule has 4 aromatic heterocycles. The minimum absolute atomic E-state index is 0.581. The third-order valence-electron chi connectivity index (χ3n) is 4.10. The van der Waals surface area contributed by atoms with Crippen molar-refractivity contribution in [1.29, 1.82) is 0 Å². The molecule has 124 valence electrons. The number of fused-ring (bicyclic) bond motifs is 1. The first kappa shape index (κ1) is 15.1. The van der Waals surface area contributed by atoms with Crippen molar-refractivity contribution in [3.05, 3.63) is 61.2 Å². The van der Waals surface area contributed by atoms with Gasteiger partial charge in [-0.3, -0.25) is 4.98 Å². The van der Waals surface area contributed by atoms with Crippen molar-refractivity contribution in [1.82, 2.24) is 19.5 Å². The molecule has 0 unspecified atom stereocenters. The van der Waals surface area contributed by atoms with Crippen molar-refractivity contribution in [2.45, 2.75) is 0 Å². The van der Waals surface area contributed by atoms with Gasteiger partial charge < -0.3 is 14.6 Å². The molecule has 0 aliphatic carbocycles. The van der Waals surface area contributed by atoms with Crippen LogP contribution in [0.4, 0.5) is 11.5 Å². The van der Waals surface area contributed by atoms with Crippen LogP contribution in [0.25, 0.3) is 22.2 Å². The van der Waals surface area contributed by atoms with E-state index >= 15 is 0 Å². The molecule has 4 aromatic rings. The highest BCUT2D eigenvalue weighted by atomic mass is 16.5. The third-order valence-corrected chi connectivity index (χ3v) is 4.10. The Morgan fingerprint density at radius 2 is 1.96 bits per heavy atom. The average Bonchev–Trinajstić information content (AvgIpc) is 2.99. The Hall–Kier alpha value is -3.41. The SMILES string of the molecule is COc1ccc(Nc2cc3c(cn2)cc(-c2cccnc2)n3C)cn1. The van der Waals surface area contributed by atoms with Gasteiger partial charge in [-0.05, 0) is 24.3 Å². The molecule has 0 saturated heterocycles.